The van der Waals surface area contributed by atoms with Gasteiger partial charge in [0, 0.05) is 11.4 Å². The molecule has 0 aliphatic rings. The SMILES string of the molecule is Cc1cc(CNS(=O)(=O)c2ccc(CO)s2)cc(C)c1F. The zero-order valence-electron chi connectivity index (χ0n) is 11.7. The highest BCUT2D eigenvalue weighted by Gasteiger charge is 2.16. The van der Waals surface area contributed by atoms with Crippen LogP contribution >= 0.6 is 11.3 Å². The normalized spacial score (nSPS) is 11.8. The number of rotatable bonds is 5. The number of benzene rings is 1. The van der Waals surface area contributed by atoms with E-state index in [0.717, 1.165) is 11.3 Å². The van der Waals surface area contributed by atoms with Crippen LogP contribution in [0.1, 0.15) is 21.6 Å². The van der Waals surface area contributed by atoms with Gasteiger partial charge in [-0.2, -0.15) is 0 Å². The molecule has 0 unspecified atom stereocenters. The van der Waals surface area contributed by atoms with Gasteiger partial charge in [0.2, 0.25) is 10.0 Å². The Bertz CT molecular complexity index is 730. The minimum Gasteiger partial charge on any atom is -0.391 e. The van der Waals surface area contributed by atoms with Gasteiger partial charge in [-0.3, -0.25) is 0 Å². The number of hydrogen-bond acceptors (Lipinski definition) is 4. The van der Waals surface area contributed by atoms with Crippen molar-refractivity contribution in [1.29, 1.82) is 0 Å². The molecule has 7 heteroatoms. The molecule has 1 aromatic carbocycles. The fraction of sp³-hybridized carbons (Fsp3) is 0.286. The summed E-state index contributed by atoms with van der Waals surface area (Å²) in [7, 11) is -3.62. The molecule has 21 heavy (non-hydrogen) atoms. The molecule has 2 N–H and O–H groups in total. The first kappa shape index (κ1) is 16.1. The van der Waals surface area contributed by atoms with Crippen LogP contribution in [0, 0.1) is 19.7 Å². The highest BCUT2D eigenvalue weighted by atomic mass is 32.2. The second-order valence-electron chi connectivity index (χ2n) is 4.75. The summed E-state index contributed by atoms with van der Waals surface area (Å²) in [4.78, 5) is 0.587. The van der Waals surface area contributed by atoms with E-state index >= 15 is 0 Å². The summed E-state index contributed by atoms with van der Waals surface area (Å²) in [6.45, 7) is 3.20. The average molecular weight is 329 g/mol. The van der Waals surface area contributed by atoms with Crippen LogP contribution in [0.15, 0.2) is 28.5 Å². The van der Waals surface area contributed by atoms with Crippen LogP contribution < -0.4 is 4.72 Å². The molecule has 0 amide bonds. The van der Waals surface area contributed by atoms with Gasteiger partial charge in [-0.1, -0.05) is 12.1 Å². The van der Waals surface area contributed by atoms with Gasteiger partial charge in [0.05, 0.1) is 6.61 Å². The molecule has 4 nitrogen and oxygen atoms in total. The van der Waals surface area contributed by atoms with Gasteiger partial charge in [-0.05, 0) is 42.7 Å². The van der Waals surface area contributed by atoms with Crippen LogP contribution in [0.5, 0.6) is 0 Å². The Labute approximate surface area is 127 Å². The van der Waals surface area contributed by atoms with Gasteiger partial charge < -0.3 is 5.11 Å². The first-order valence-electron chi connectivity index (χ1n) is 6.28. The van der Waals surface area contributed by atoms with E-state index in [1.54, 1.807) is 32.0 Å². The van der Waals surface area contributed by atoms with E-state index in [4.69, 9.17) is 5.11 Å². The van der Waals surface area contributed by atoms with E-state index in [9.17, 15) is 12.8 Å². The van der Waals surface area contributed by atoms with Gasteiger partial charge in [0.25, 0.3) is 0 Å². The van der Waals surface area contributed by atoms with Gasteiger partial charge in [0.15, 0.2) is 0 Å². The maximum atomic E-state index is 13.5. The van der Waals surface area contributed by atoms with Crippen LogP contribution in [0.3, 0.4) is 0 Å². The number of aryl methyl sites for hydroxylation is 2. The molecule has 1 aromatic heterocycles. The average Bonchev–Trinajstić information content (AvgIpc) is 2.92. The van der Waals surface area contributed by atoms with Crippen molar-refractivity contribution in [1.82, 2.24) is 4.72 Å². The zero-order chi connectivity index (χ0) is 15.6. The molecule has 0 atom stereocenters. The summed E-state index contributed by atoms with van der Waals surface area (Å²) in [6.07, 6.45) is 0. The lowest BCUT2D eigenvalue weighted by atomic mass is 10.1. The second kappa shape index (κ2) is 6.23. The van der Waals surface area contributed by atoms with Crippen molar-refractivity contribution >= 4 is 21.4 Å². The summed E-state index contributed by atoms with van der Waals surface area (Å²) >= 11 is 1.02. The Morgan fingerprint density at radius 1 is 1.24 bits per heavy atom. The van der Waals surface area contributed by atoms with Crippen LogP contribution in [0.4, 0.5) is 4.39 Å². The lowest BCUT2D eigenvalue weighted by Gasteiger charge is -2.08. The van der Waals surface area contributed by atoms with Gasteiger partial charge >= 0.3 is 0 Å². The number of aliphatic hydroxyl groups is 1. The molecular formula is C14H16FNO3S2. The van der Waals surface area contributed by atoms with Crippen molar-refractivity contribution in [3.63, 3.8) is 0 Å². The predicted octanol–water partition coefficient (Wildman–Crippen LogP) is 2.47. The highest BCUT2D eigenvalue weighted by Crippen LogP contribution is 2.22. The molecular weight excluding hydrogens is 313 g/mol. The van der Waals surface area contributed by atoms with Crippen molar-refractivity contribution in [2.24, 2.45) is 0 Å². The Balaban J connectivity index is 2.15. The van der Waals surface area contributed by atoms with Crippen LogP contribution in [-0.4, -0.2) is 13.5 Å². The molecule has 0 aliphatic carbocycles. The smallest absolute Gasteiger partial charge is 0.250 e. The van der Waals surface area contributed by atoms with Gasteiger partial charge in [0.1, 0.15) is 10.0 Å². The molecule has 0 aliphatic heterocycles. The van der Waals surface area contributed by atoms with Gasteiger partial charge in [-0.15, -0.1) is 11.3 Å². The molecule has 1 heterocycles. The summed E-state index contributed by atoms with van der Waals surface area (Å²) in [5.41, 5.74) is 1.68. The Morgan fingerprint density at radius 3 is 2.38 bits per heavy atom. The minimum absolute atomic E-state index is 0.0939. The van der Waals surface area contributed by atoms with Crippen molar-refractivity contribution < 1.29 is 17.9 Å². The van der Waals surface area contributed by atoms with E-state index in [2.05, 4.69) is 4.72 Å². The number of hydrogen-bond donors (Lipinski definition) is 2. The molecule has 114 valence electrons. The van der Waals surface area contributed by atoms with E-state index < -0.39 is 10.0 Å². The Morgan fingerprint density at radius 2 is 1.86 bits per heavy atom. The number of thiophene rings is 1. The fourth-order valence-electron chi connectivity index (χ4n) is 1.97. The van der Waals surface area contributed by atoms with Crippen molar-refractivity contribution in [2.45, 2.75) is 31.2 Å². The lowest BCUT2D eigenvalue weighted by molar-refractivity contribution is 0.285. The molecule has 0 radical (unpaired) electrons. The topological polar surface area (TPSA) is 66.4 Å². The summed E-state index contributed by atoms with van der Waals surface area (Å²) in [5.74, 6) is -0.271. The third-order valence-corrected chi connectivity index (χ3v) is 5.98. The van der Waals surface area contributed by atoms with Gasteiger partial charge in [-0.25, -0.2) is 17.5 Å². The fourth-order valence-corrected chi connectivity index (χ4v) is 4.25. The first-order chi connectivity index (χ1) is 9.83. The van der Waals surface area contributed by atoms with Crippen LogP contribution in [0.25, 0.3) is 0 Å². The molecule has 0 spiro atoms. The molecule has 0 fully saturated rings. The number of nitrogens with one attached hydrogen (secondary N) is 1. The Kier molecular flexibility index (Phi) is 4.77. The maximum absolute atomic E-state index is 13.5. The van der Waals surface area contributed by atoms with E-state index in [1.165, 1.54) is 6.07 Å². The first-order valence-corrected chi connectivity index (χ1v) is 8.58. The summed E-state index contributed by atoms with van der Waals surface area (Å²) in [6, 6.07) is 6.28. The molecule has 2 rings (SSSR count). The highest BCUT2D eigenvalue weighted by molar-refractivity contribution is 7.91. The van der Waals surface area contributed by atoms with E-state index in [1.807, 2.05) is 0 Å². The Hall–Kier alpha value is -1.28. The van der Waals surface area contributed by atoms with Crippen LogP contribution in [0.2, 0.25) is 0 Å². The third-order valence-electron chi connectivity index (χ3n) is 3.02. The number of halogens is 1. The molecule has 0 saturated heterocycles. The predicted molar refractivity (Wildman–Crippen MR) is 80.1 cm³/mol. The quantitative estimate of drug-likeness (QED) is 0.885. The van der Waals surface area contributed by atoms with E-state index in [-0.39, 0.29) is 23.2 Å². The largest absolute Gasteiger partial charge is 0.391 e. The summed E-state index contributed by atoms with van der Waals surface area (Å²) in [5, 5.41) is 8.97. The third kappa shape index (κ3) is 3.68. The second-order valence-corrected chi connectivity index (χ2v) is 7.91. The van der Waals surface area contributed by atoms with E-state index in [0.29, 0.717) is 21.6 Å². The van der Waals surface area contributed by atoms with Crippen LogP contribution in [-0.2, 0) is 23.2 Å². The maximum Gasteiger partial charge on any atom is 0.250 e. The monoisotopic (exact) mass is 329 g/mol. The number of sulfonamides is 1. The minimum atomic E-state index is -3.62. The molecule has 0 bridgehead atoms. The summed E-state index contributed by atoms with van der Waals surface area (Å²) < 4.78 is 40.4. The van der Waals surface area contributed by atoms with Crippen molar-refractivity contribution in [3.05, 3.63) is 51.7 Å². The zero-order valence-corrected chi connectivity index (χ0v) is 13.3. The lowest BCUT2D eigenvalue weighted by Crippen LogP contribution is -2.22. The van der Waals surface area contributed by atoms with Crippen molar-refractivity contribution in [2.75, 3.05) is 0 Å². The van der Waals surface area contributed by atoms with Crippen molar-refractivity contribution in [3.8, 4) is 0 Å². The molecule has 2 aromatic rings. The standard InChI is InChI=1S/C14H16FNO3S2/c1-9-5-11(6-10(2)14(9)15)7-16-21(18,19)13-4-3-12(8-17)20-13/h3-6,16-17H,7-8H2,1-2H3. The molecule has 0 saturated carbocycles. The number of aliphatic hydroxyl groups excluding tert-OH is 1.